The van der Waals surface area contributed by atoms with Crippen LogP contribution in [0.1, 0.15) is 25.3 Å². The van der Waals surface area contributed by atoms with E-state index in [1.165, 1.54) is 5.56 Å². The van der Waals surface area contributed by atoms with Gasteiger partial charge in [0.15, 0.2) is 0 Å². The maximum absolute atomic E-state index is 12.9. The van der Waals surface area contributed by atoms with Gasteiger partial charge in [0, 0.05) is 32.3 Å². The number of anilines is 1. The van der Waals surface area contributed by atoms with E-state index in [4.69, 9.17) is 9.47 Å². The fourth-order valence-corrected chi connectivity index (χ4v) is 3.25. The van der Waals surface area contributed by atoms with Crippen LogP contribution in [-0.4, -0.2) is 53.6 Å². The second-order valence-electron chi connectivity index (χ2n) is 6.64. The van der Waals surface area contributed by atoms with Gasteiger partial charge in [0.05, 0.1) is 19.4 Å². The fraction of sp³-hybridized carbons (Fsp3) is 0.500. The molecule has 2 amide bonds. The van der Waals surface area contributed by atoms with Gasteiger partial charge in [-0.3, -0.25) is 5.32 Å². The standard InChI is InChI=1S/C20H28N4O3/c1-3-24-19(10-12-21-24)22-20(25)23(15-18-5-4-14-27-18)13-11-16-6-8-17(26-2)9-7-16/h6-10,12,18H,3-5,11,13-15H2,1-2H3,(H,22,25)/t18-/m1/s1. The summed E-state index contributed by atoms with van der Waals surface area (Å²) in [5, 5.41) is 7.19. The van der Waals surface area contributed by atoms with Gasteiger partial charge in [0.2, 0.25) is 0 Å². The molecule has 1 N–H and O–H groups in total. The highest BCUT2D eigenvalue weighted by atomic mass is 16.5. The Morgan fingerprint density at radius 2 is 2.19 bits per heavy atom. The summed E-state index contributed by atoms with van der Waals surface area (Å²) in [5.41, 5.74) is 1.17. The number of ether oxygens (including phenoxy) is 2. The molecule has 1 aliphatic heterocycles. The molecule has 1 aliphatic rings. The Morgan fingerprint density at radius 1 is 1.37 bits per heavy atom. The zero-order valence-electron chi connectivity index (χ0n) is 16.1. The number of benzene rings is 1. The predicted molar refractivity (Wildman–Crippen MR) is 104 cm³/mol. The molecule has 27 heavy (non-hydrogen) atoms. The molecule has 2 heterocycles. The van der Waals surface area contributed by atoms with Crippen molar-refractivity contribution in [3.63, 3.8) is 0 Å². The maximum atomic E-state index is 12.9. The number of aromatic nitrogens is 2. The van der Waals surface area contributed by atoms with Crippen molar-refractivity contribution in [2.45, 2.75) is 38.8 Å². The number of urea groups is 1. The molecule has 0 saturated carbocycles. The van der Waals surface area contributed by atoms with Crippen molar-refractivity contribution in [2.24, 2.45) is 0 Å². The largest absolute Gasteiger partial charge is 0.497 e. The van der Waals surface area contributed by atoms with Crippen LogP contribution in [0.2, 0.25) is 0 Å². The van der Waals surface area contributed by atoms with E-state index < -0.39 is 0 Å². The van der Waals surface area contributed by atoms with Crippen LogP contribution in [-0.2, 0) is 17.7 Å². The van der Waals surface area contributed by atoms with Gasteiger partial charge >= 0.3 is 6.03 Å². The first kappa shape index (κ1) is 19.2. The molecular weight excluding hydrogens is 344 g/mol. The molecule has 0 radical (unpaired) electrons. The first-order valence-corrected chi connectivity index (χ1v) is 9.52. The molecule has 1 saturated heterocycles. The molecule has 2 aromatic rings. The lowest BCUT2D eigenvalue weighted by atomic mass is 10.1. The van der Waals surface area contributed by atoms with Gasteiger partial charge in [-0.05, 0) is 43.9 Å². The SMILES string of the molecule is CCn1nccc1NC(=O)N(CCc1ccc(OC)cc1)C[C@H]1CCCO1. The molecule has 3 rings (SSSR count). The highest BCUT2D eigenvalue weighted by Crippen LogP contribution is 2.16. The van der Waals surface area contributed by atoms with E-state index in [9.17, 15) is 4.79 Å². The third-order valence-corrected chi connectivity index (χ3v) is 4.82. The van der Waals surface area contributed by atoms with Crippen molar-refractivity contribution in [3.05, 3.63) is 42.1 Å². The monoisotopic (exact) mass is 372 g/mol. The van der Waals surface area contributed by atoms with Crippen molar-refractivity contribution in [2.75, 3.05) is 32.1 Å². The number of carbonyl (C=O) groups excluding carboxylic acids is 1. The van der Waals surface area contributed by atoms with Crippen molar-refractivity contribution in [1.29, 1.82) is 0 Å². The van der Waals surface area contributed by atoms with E-state index >= 15 is 0 Å². The number of rotatable bonds is 8. The minimum absolute atomic E-state index is 0.114. The van der Waals surface area contributed by atoms with E-state index in [0.717, 1.165) is 31.6 Å². The van der Waals surface area contributed by atoms with Crippen molar-refractivity contribution < 1.29 is 14.3 Å². The van der Waals surface area contributed by atoms with Gasteiger partial charge in [-0.1, -0.05) is 12.1 Å². The van der Waals surface area contributed by atoms with Gasteiger partial charge in [-0.25, -0.2) is 9.48 Å². The molecule has 0 unspecified atom stereocenters. The summed E-state index contributed by atoms with van der Waals surface area (Å²) >= 11 is 0. The number of nitrogens with zero attached hydrogens (tertiary/aromatic N) is 3. The topological polar surface area (TPSA) is 68.6 Å². The Bertz CT molecular complexity index is 723. The number of hydrogen-bond acceptors (Lipinski definition) is 4. The summed E-state index contributed by atoms with van der Waals surface area (Å²) in [6.45, 7) is 4.71. The lowest BCUT2D eigenvalue weighted by molar-refractivity contribution is 0.0838. The number of nitrogens with one attached hydrogen (secondary N) is 1. The molecule has 1 atom stereocenters. The van der Waals surface area contributed by atoms with Crippen molar-refractivity contribution in [1.82, 2.24) is 14.7 Å². The van der Waals surface area contributed by atoms with Gasteiger partial charge in [0.25, 0.3) is 0 Å². The second kappa shape index (κ2) is 9.41. The lowest BCUT2D eigenvalue weighted by Crippen LogP contribution is -2.41. The maximum Gasteiger partial charge on any atom is 0.323 e. The molecule has 0 spiro atoms. The smallest absolute Gasteiger partial charge is 0.323 e. The van der Waals surface area contributed by atoms with Crippen LogP contribution in [0.25, 0.3) is 0 Å². The number of amides is 2. The Hall–Kier alpha value is -2.54. The molecule has 7 heteroatoms. The Kier molecular flexibility index (Phi) is 6.70. The van der Waals surface area contributed by atoms with Crippen LogP contribution in [0.3, 0.4) is 0 Å². The Balaban J connectivity index is 1.64. The lowest BCUT2D eigenvalue weighted by Gasteiger charge is -2.26. The number of aryl methyl sites for hydroxylation is 1. The highest BCUT2D eigenvalue weighted by Gasteiger charge is 2.23. The number of methoxy groups -OCH3 is 1. The minimum Gasteiger partial charge on any atom is -0.497 e. The normalized spacial score (nSPS) is 16.3. The molecule has 1 aromatic carbocycles. The highest BCUT2D eigenvalue weighted by molar-refractivity contribution is 5.88. The number of carbonyl (C=O) groups is 1. The first-order valence-electron chi connectivity index (χ1n) is 9.52. The molecule has 1 aromatic heterocycles. The fourth-order valence-electron chi connectivity index (χ4n) is 3.25. The van der Waals surface area contributed by atoms with Crippen LogP contribution < -0.4 is 10.1 Å². The Morgan fingerprint density at radius 3 is 2.85 bits per heavy atom. The van der Waals surface area contributed by atoms with Crippen molar-refractivity contribution >= 4 is 11.8 Å². The molecule has 0 bridgehead atoms. The third-order valence-electron chi connectivity index (χ3n) is 4.82. The average molecular weight is 372 g/mol. The van der Waals surface area contributed by atoms with Crippen molar-refractivity contribution in [3.8, 4) is 5.75 Å². The van der Waals surface area contributed by atoms with Crippen LogP contribution in [0, 0.1) is 0 Å². The molecule has 7 nitrogen and oxygen atoms in total. The Labute approximate surface area is 160 Å². The minimum atomic E-state index is -0.116. The van der Waals surface area contributed by atoms with E-state index in [-0.39, 0.29) is 12.1 Å². The van der Waals surface area contributed by atoms with E-state index in [1.54, 1.807) is 18.0 Å². The predicted octanol–water partition coefficient (Wildman–Crippen LogP) is 3.17. The van der Waals surface area contributed by atoms with E-state index in [0.29, 0.717) is 25.5 Å². The van der Waals surface area contributed by atoms with Gasteiger partial charge in [-0.2, -0.15) is 5.10 Å². The summed E-state index contributed by atoms with van der Waals surface area (Å²) in [6, 6.07) is 9.66. The quantitative estimate of drug-likeness (QED) is 0.773. The summed E-state index contributed by atoms with van der Waals surface area (Å²) in [5.74, 6) is 1.55. The van der Waals surface area contributed by atoms with E-state index in [1.807, 2.05) is 42.2 Å². The van der Waals surface area contributed by atoms with Crippen LogP contribution in [0.4, 0.5) is 10.6 Å². The average Bonchev–Trinajstić information content (AvgIpc) is 3.37. The zero-order chi connectivity index (χ0) is 19.1. The summed E-state index contributed by atoms with van der Waals surface area (Å²) in [4.78, 5) is 14.7. The summed E-state index contributed by atoms with van der Waals surface area (Å²) in [6.07, 6.45) is 4.64. The first-order chi connectivity index (χ1) is 13.2. The summed E-state index contributed by atoms with van der Waals surface area (Å²) < 4.78 is 12.7. The van der Waals surface area contributed by atoms with Crippen LogP contribution in [0.15, 0.2) is 36.5 Å². The van der Waals surface area contributed by atoms with Crippen LogP contribution >= 0.6 is 0 Å². The van der Waals surface area contributed by atoms with Gasteiger partial charge < -0.3 is 14.4 Å². The van der Waals surface area contributed by atoms with Crippen LogP contribution in [0.5, 0.6) is 5.75 Å². The zero-order valence-corrected chi connectivity index (χ0v) is 16.1. The second-order valence-corrected chi connectivity index (χ2v) is 6.64. The molecule has 146 valence electrons. The molecule has 0 aliphatic carbocycles. The third kappa shape index (κ3) is 5.23. The molecular formula is C20H28N4O3. The molecule has 1 fully saturated rings. The van der Waals surface area contributed by atoms with E-state index in [2.05, 4.69) is 10.4 Å². The summed E-state index contributed by atoms with van der Waals surface area (Å²) in [7, 11) is 1.66. The van der Waals surface area contributed by atoms with Gasteiger partial charge in [0.1, 0.15) is 11.6 Å². The number of hydrogen-bond donors (Lipinski definition) is 1. The van der Waals surface area contributed by atoms with Gasteiger partial charge in [-0.15, -0.1) is 0 Å².